The Morgan fingerprint density at radius 1 is 1.26 bits per heavy atom. The number of sulfone groups is 1. The molecule has 1 N–H and O–H groups in total. The molecule has 19 heavy (non-hydrogen) atoms. The van der Waals surface area contributed by atoms with Crippen LogP contribution in [0, 0.1) is 0 Å². The van der Waals surface area contributed by atoms with Crippen molar-refractivity contribution < 1.29 is 13.2 Å². The van der Waals surface area contributed by atoms with Crippen molar-refractivity contribution in [1.82, 2.24) is 10.3 Å². The zero-order chi connectivity index (χ0) is 14.6. The molecule has 0 aliphatic carbocycles. The summed E-state index contributed by atoms with van der Waals surface area (Å²) >= 11 is 0. The molecular weight excluding hydrogens is 264 g/mol. The van der Waals surface area contributed by atoms with Gasteiger partial charge in [-0.3, -0.25) is 4.98 Å². The number of nitrogens with one attached hydrogen (secondary N) is 1. The van der Waals surface area contributed by atoms with Gasteiger partial charge in [-0.05, 0) is 39.4 Å². The highest BCUT2D eigenvalue weighted by Crippen LogP contribution is 2.24. The molecule has 2 atom stereocenters. The van der Waals surface area contributed by atoms with Crippen LogP contribution in [-0.4, -0.2) is 38.1 Å². The molecule has 0 aliphatic heterocycles. The fourth-order valence-electron chi connectivity index (χ4n) is 1.86. The van der Waals surface area contributed by atoms with Crippen LogP contribution in [0.5, 0.6) is 5.75 Å². The predicted molar refractivity (Wildman–Crippen MR) is 76.1 cm³/mol. The van der Waals surface area contributed by atoms with Crippen LogP contribution in [0.1, 0.15) is 32.4 Å². The number of hydrogen-bond donors (Lipinski definition) is 1. The lowest BCUT2D eigenvalue weighted by Crippen LogP contribution is -2.33. The molecule has 0 saturated carbocycles. The van der Waals surface area contributed by atoms with Crippen molar-refractivity contribution in [1.29, 1.82) is 0 Å². The molecule has 0 fully saturated rings. The van der Waals surface area contributed by atoms with Crippen molar-refractivity contribution in [2.45, 2.75) is 38.2 Å². The summed E-state index contributed by atoms with van der Waals surface area (Å²) in [6.07, 6.45) is 4.58. The Bertz CT molecular complexity index is 514. The molecule has 0 spiro atoms. The Morgan fingerprint density at radius 2 is 1.89 bits per heavy atom. The minimum Gasteiger partial charge on any atom is -0.489 e. The minimum absolute atomic E-state index is 0.0532. The van der Waals surface area contributed by atoms with E-state index in [1.54, 1.807) is 26.4 Å². The van der Waals surface area contributed by atoms with E-state index in [4.69, 9.17) is 4.74 Å². The van der Waals surface area contributed by atoms with Crippen LogP contribution >= 0.6 is 0 Å². The summed E-state index contributed by atoms with van der Waals surface area (Å²) in [7, 11) is -1.39. The zero-order valence-corrected chi connectivity index (χ0v) is 12.9. The summed E-state index contributed by atoms with van der Waals surface area (Å²) < 4.78 is 28.9. The molecule has 1 aromatic rings. The Hall–Kier alpha value is -1.14. The van der Waals surface area contributed by atoms with Crippen LogP contribution in [0.3, 0.4) is 0 Å². The third-order valence-corrected chi connectivity index (χ3v) is 4.54. The lowest BCUT2D eigenvalue weighted by atomic mass is 10.1. The van der Waals surface area contributed by atoms with Gasteiger partial charge < -0.3 is 10.1 Å². The fraction of sp³-hybridized carbons (Fsp3) is 0.615. The molecule has 2 unspecified atom stereocenters. The molecule has 6 heteroatoms. The summed E-state index contributed by atoms with van der Waals surface area (Å²) in [5.74, 6) is 0.647. The van der Waals surface area contributed by atoms with Gasteiger partial charge in [-0.1, -0.05) is 0 Å². The molecule has 0 radical (unpaired) electrons. The first-order valence-corrected chi connectivity index (χ1v) is 8.19. The van der Waals surface area contributed by atoms with Gasteiger partial charge in [0.2, 0.25) is 0 Å². The van der Waals surface area contributed by atoms with Crippen molar-refractivity contribution >= 4 is 9.84 Å². The second-order valence-corrected chi connectivity index (χ2v) is 7.32. The second-order valence-electron chi connectivity index (χ2n) is 4.92. The summed E-state index contributed by atoms with van der Waals surface area (Å²) in [6.45, 7) is 5.55. The molecule has 0 aromatic carbocycles. The van der Waals surface area contributed by atoms with Crippen LogP contribution in [0.15, 0.2) is 18.5 Å². The summed E-state index contributed by atoms with van der Waals surface area (Å²) in [5, 5.41) is 2.50. The van der Waals surface area contributed by atoms with E-state index < -0.39 is 15.1 Å². The van der Waals surface area contributed by atoms with E-state index in [1.165, 1.54) is 6.26 Å². The van der Waals surface area contributed by atoms with E-state index >= 15 is 0 Å². The predicted octanol–water partition coefficient (Wildman–Crippen LogP) is 1.56. The Balaban J connectivity index is 3.05. The number of hydrogen-bond acceptors (Lipinski definition) is 5. The molecule has 0 amide bonds. The van der Waals surface area contributed by atoms with Gasteiger partial charge in [0, 0.05) is 12.5 Å². The summed E-state index contributed by atoms with van der Waals surface area (Å²) in [6, 6.07) is 1.52. The van der Waals surface area contributed by atoms with Gasteiger partial charge in [-0.2, -0.15) is 0 Å². The summed E-state index contributed by atoms with van der Waals surface area (Å²) in [4.78, 5) is 4.11. The lowest BCUT2D eigenvalue weighted by molar-refractivity contribution is 0.241. The Labute approximate surface area is 115 Å². The van der Waals surface area contributed by atoms with Crippen molar-refractivity contribution in [3.8, 4) is 5.75 Å². The van der Waals surface area contributed by atoms with Gasteiger partial charge in [0.05, 0.1) is 23.6 Å². The van der Waals surface area contributed by atoms with Crippen LogP contribution in [0.4, 0.5) is 0 Å². The van der Waals surface area contributed by atoms with Crippen LogP contribution in [0.25, 0.3) is 0 Å². The van der Waals surface area contributed by atoms with E-state index in [1.807, 2.05) is 19.9 Å². The van der Waals surface area contributed by atoms with Gasteiger partial charge in [0.15, 0.2) is 9.84 Å². The van der Waals surface area contributed by atoms with Crippen molar-refractivity contribution in [2.24, 2.45) is 0 Å². The number of nitrogens with zero attached hydrogens (tertiary/aromatic N) is 1. The van der Waals surface area contributed by atoms with Crippen LogP contribution in [-0.2, 0) is 9.84 Å². The molecule has 108 valence electrons. The second kappa shape index (κ2) is 6.34. The van der Waals surface area contributed by atoms with Crippen molar-refractivity contribution in [2.75, 3.05) is 13.3 Å². The third-order valence-electron chi connectivity index (χ3n) is 2.92. The smallest absolute Gasteiger partial charge is 0.151 e. The average molecular weight is 286 g/mol. The fourth-order valence-corrected chi connectivity index (χ4v) is 2.65. The topological polar surface area (TPSA) is 68.3 Å². The maximum Gasteiger partial charge on any atom is 0.151 e. The number of aromatic nitrogens is 1. The largest absolute Gasteiger partial charge is 0.489 e. The zero-order valence-electron chi connectivity index (χ0n) is 12.0. The van der Waals surface area contributed by atoms with E-state index in [0.29, 0.717) is 5.75 Å². The molecule has 1 heterocycles. The van der Waals surface area contributed by atoms with Crippen LogP contribution in [0.2, 0.25) is 0 Å². The number of rotatable bonds is 6. The first-order valence-electron chi connectivity index (χ1n) is 6.23. The normalized spacial score (nSPS) is 15.3. The monoisotopic (exact) mass is 286 g/mol. The third kappa shape index (κ3) is 4.47. The van der Waals surface area contributed by atoms with Crippen molar-refractivity contribution in [3.63, 3.8) is 0 Å². The average Bonchev–Trinajstić information content (AvgIpc) is 2.28. The molecule has 1 aromatic heterocycles. The van der Waals surface area contributed by atoms with E-state index in [2.05, 4.69) is 10.3 Å². The standard InChI is InChI=1S/C13H22N2O3S/c1-9(2)18-12-6-11(7-15-8-12)13(14-4)10(3)19(5,16)17/h6-10,13-14H,1-5H3. The first-order chi connectivity index (χ1) is 8.75. The SMILES string of the molecule is CNC(c1cncc(OC(C)C)c1)C(C)S(C)(=O)=O. The molecule has 5 nitrogen and oxygen atoms in total. The van der Waals surface area contributed by atoms with Gasteiger partial charge in [-0.15, -0.1) is 0 Å². The molecular formula is C13H22N2O3S. The van der Waals surface area contributed by atoms with Crippen molar-refractivity contribution in [3.05, 3.63) is 24.0 Å². The molecule has 0 bridgehead atoms. The van der Waals surface area contributed by atoms with E-state index in [0.717, 1.165) is 5.56 Å². The highest BCUT2D eigenvalue weighted by Gasteiger charge is 2.26. The van der Waals surface area contributed by atoms with Crippen LogP contribution < -0.4 is 10.1 Å². The maximum absolute atomic E-state index is 11.7. The van der Waals surface area contributed by atoms with E-state index in [-0.39, 0.29) is 12.1 Å². The van der Waals surface area contributed by atoms with Gasteiger partial charge >= 0.3 is 0 Å². The van der Waals surface area contributed by atoms with Gasteiger partial charge in [-0.25, -0.2) is 8.42 Å². The Morgan fingerprint density at radius 3 is 2.37 bits per heavy atom. The Kier molecular flexibility index (Phi) is 5.31. The molecule has 0 aliphatic rings. The number of ether oxygens (including phenoxy) is 1. The highest BCUT2D eigenvalue weighted by atomic mass is 32.2. The quantitative estimate of drug-likeness (QED) is 0.859. The first kappa shape index (κ1) is 15.9. The molecule has 0 saturated heterocycles. The maximum atomic E-state index is 11.7. The number of pyridine rings is 1. The molecule has 1 rings (SSSR count). The summed E-state index contributed by atoms with van der Waals surface area (Å²) in [5.41, 5.74) is 0.804. The lowest BCUT2D eigenvalue weighted by Gasteiger charge is -2.23. The van der Waals surface area contributed by atoms with E-state index in [9.17, 15) is 8.42 Å². The minimum atomic E-state index is -3.13. The van der Waals surface area contributed by atoms with Gasteiger partial charge in [0.25, 0.3) is 0 Å². The highest BCUT2D eigenvalue weighted by molar-refractivity contribution is 7.91. The van der Waals surface area contributed by atoms with Gasteiger partial charge in [0.1, 0.15) is 5.75 Å².